The smallest absolute Gasteiger partial charge is 0.303 e. The summed E-state index contributed by atoms with van der Waals surface area (Å²) in [4.78, 5) is 20.8. The first-order chi connectivity index (χ1) is 7.49. The maximum atomic E-state index is 10.4. The van der Waals surface area contributed by atoms with E-state index in [4.69, 9.17) is 5.11 Å². The Morgan fingerprint density at radius 2 is 2.12 bits per heavy atom. The molecule has 1 heterocycles. The molecule has 0 amide bonds. The van der Waals surface area contributed by atoms with Crippen LogP contribution in [0.2, 0.25) is 0 Å². The quantitative estimate of drug-likeness (QED) is 0.817. The maximum Gasteiger partial charge on any atom is 0.303 e. The number of aromatic nitrogens is 2. The van der Waals surface area contributed by atoms with Crippen LogP contribution in [0.1, 0.15) is 24.4 Å². The predicted octanol–water partition coefficient (Wildman–Crippen LogP) is 1.39. The summed E-state index contributed by atoms with van der Waals surface area (Å²) in [6.45, 7) is 4.45. The lowest BCUT2D eigenvalue weighted by molar-refractivity contribution is -0.137. The number of nitrogens with zero attached hydrogens (tertiary/aromatic N) is 3. The Balaban J connectivity index is 2.58. The molecule has 5 heteroatoms. The molecule has 5 nitrogen and oxygen atoms in total. The molecule has 16 heavy (non-hydrogen) atoms. The Bertz CT molecular complexity index is 359. The second-order valence-electron chi connectivity index (χ2n) is 3.83. The average Bonchev–Trinajstić information content (AvgIpc) is 2.15. The molecule has 1 rings (SSSR count). The van der Waals surface area contributed by atoms with Crippen molar-refractivity contribution >= 4 is 11.8 Å². The summed E-state index contributed by atoms with van der Waals surface area (Å²) in [5, 5.41) is 8.54. The van der Waals surface area contributed by atoms with Crippen LogP contribution in [0, 0.1) is 13.8 Å². The molecule has 0 fully saturated rings. The van der Waals surface area contributed by atoms with Gasteiger partial charge in [-0.1, -0.05) is 0 Å². The second kappa shape index (κ2) is 5.44. The van der Waals surface area contributed by atoms with Gasteiger partial charge in [0.2, 0.25) is 0 Å². The van der Waals surface area contributed by atoms with Crippen molar-refractivity contribution in [2.45, 2.75) is 26.7 Å². The highest BCUT2D eigenvalue weighted by molar-refractivity contribution is 5.66. The number of carboxylic acid groups (broad SMARTS) is 1. The van der Waals surface area contributed by atoms with E-state index in [0.717, 1.165) is 17.3 Å². The number of hydrogen-bond donors (Lipinski definition) is 1. The number of carboxylic acids is 1. The molecule has 0 radical (unpaired) electrons. The van der Waals surface area contributed by atoms with E-state index in [1.54, 1.807) is 0 Å². The predicted molar refractivity (Wildman–Crippen MR) is 61.6 cm³/mol. The molecule has 0 bridgehead atoms. The first-order valence-corrected chi connectivity index (χ1v) is 5.24. The van der Waals surface area contributed by atoms with Gasteiger partial charge in [0.05, 0.1) is 0 Å². The molecule has 88 valence electrons. The number of aryl methyl sites for hydroxylation is 2. The van der Waals surface area contributed by atoms with E-state index in [1.807, 2.05) is 31.9 Å². The zero-order chi connectivity index (χ0) is 12.1. The zero-order valence-electron chi connectivity index (χ0n) is 9.90. The highest BCUT2D eigenvalue weighted by atomic mass is 16.4. The maximum absolute atomic E-state index is 10.4. The van der Waals surface area contributed by atoms with Crippen molar-refractivity contribution in [2.24, 2.45) is 0 Å². The monoisotopic (exact) mass is 223 g/mol. The third kappa shape index (κ3) is 3.84. The Morgan fingerprint density at radius 3 is 2.69 bits per heavy atom. The van der Waals surface area contributed by atoms with E-state index in [-0.39, 0.29) is 6.42 Å². The van der Waals surface area contributed by atoms with E-state index in [1.165, 1.54) is 0 Å². The minimum absolute atomic E-state index is 0.188. The third-order valence-corrected chi connectivity index (χ3v) is 2.23. The summed E-state index contributed by atoms with van der Waals surface area (Å²) in [6.07, 6.45) is 0.807. The van der Waals surface area contributed by atoms with Crippen molar-refractivity contribution in [3.05, 3.63) is 17.6 Å². The van der Waals surface area contributed by atoms with Gasteiger partial charge in [0.15, 0.2) is 0 Å². The fraction of sp³-hybridized carbons (Fsp3) is 0.545. The van der Waals surface area contributed by atoms with Gasteiger partial charge in [-0.3, -0.25) is 4.79 Å². The summed E-state index contributed by atoms with van der Waals surface area (Å²) < 4.78 is 0. The van der Waals surface area contributed by atoms with Crippen LogP contribution in [-0.2, 0) is 4.79 Å². The van der Waals surface area contributed by atoms with Gasteiger partial charge in [0.25, 0.3) is 0 Å². The molecule has 0 saturated heterocycles. The van der Waals surface area contributed by atoms with Gasteiger partial charge in [-0.05, 0) is 20.3 Å². The molecule has 0 aliphatic rings. The number of aliphatic carboxylic acids is 1. The average molecular weight is 223 g/mol. The van der Waals surface area contributed by atoms with E-state index >= 15 is 0 Å². The van der Waals surface area contributed by atoms with E-state index < -0.39 is 5.97 Å². The lowest BCUT2D eigenvalue weighted by Gasteiger charge is -2.18. The standard InChI is InChI=1S/C11H17N3O2/c1-8-7-10(13-9(2)12-8)14(3)6-4-5-11(15)16/h7H,4-6H2,1-3H3,(H,15,16). The van der Waals surface area contributed by atoms with Crippen molar-refractivity contribution in [1.29, 1.82) is 0 Å². The highest BCUT2D eigenvalue weighted by Crippen LogP contribution is 2.11. The molecular formula is C11H17N3O2. The lowest BCUT2D eigenvalue weighted by atomic mass is 10.3. The minimum atomic E-state index is -0.761. The van der Waals surface area contributed by atoms with Crippen molar-refractivity contribution in [3.8, 4) is 0 Å². The number of anilines is 1. The first kappa shape index (κ1) is 12.4. The van der Waals surface area contributed by atoms with Crippen LogP contribution in [0.15, 0.2) is 6.07 Å². The third-order valence-electron chi connectivity index (χ3n) is 2.23. The molecule has 0 aliphatic heterocycles. The van der Waals surface area contributed by atoms with Gasteiger partial charge >= 0.3 is 5.97 Å². The van der Waals surface area contributed by atoms with E-state index in [2.05, 4.69) is 9.97 Å². The molecule has 0 atom stereocenters. The van der Waals surface area contributed by atoms with Crippen LogP contribution in [0.4, 0.5) is 5.82 Å². The number of carbonyl (C=O) groups is 1. The van der Waals surface area contributed by atoms with Crippen LogP contribution >= 0.6 is 0 Å². The second-order valence-corrected chi connectivity index (χ2v) is 3.83. The molecule has 1 aromatic rings. The van der Waals surface area contributed by atoms with Crippen molar-refractivity contribution < 1.29 is 9.90 Å². The largest absolute Gasteiger partial charge is 0.481 e. The first-order valence-electron chi connectivity index (χ1n) is 5.24. The lowest BCUT2D eigenvalue weighted by Crippen LogP contribution is -2.21. The summed E-state index contributed by atoms with van der Waals surface area (Å²) in [5.41, 5.74) is 0.924. The molecular weight excluding hydrogens is 206 g/mol. The Labute approximate surface area is 95.1 Å². The normalized spacial score (nSPS) is 10.2. The van der Waals surface area contributed by atoms with Crippen LogP contribution in [-0.4, -0.2) is 34.6 Å². The Kier molecular flexibility index (Phi) is 4.22. The minimum Gasteiger partial charge on any atom is -0.481 e. The fourth-order valence-corrected chi connectivity index (χ4v) is 1.47. The molecule has 0 aliphatic carbocycles. The van der Waals surface area contributed by atoms with Gasteiger partial charge in [-0.15, -0.1) is 0 Å². The number of hydrogen-bond acceptors (Lipinski definition) is 4. The highest BCUT2D eigenvalue weighted by Gasteiger charge is 2.05. The molecule has 0 saturated carbocycles. The van der Waals surface area contributed by atoms with E-state index in [9.17, 15) is 4.79 Å². The van der Waals surface area contributed by atoms with Gasteiger partial charge in [0.1, 0.15) is 11.6 Å². The van der Waals surface area contributed by atoms with Gasteiger partial charge in [-0.25, -0.2) is 9.97 Å². The summed E-state index contributed by atoms with van der Waals surface area (Å²) in [6, 6.07) is 1.90. The van der Waals surface area contributed by atoms with Crippen molar-refractivity contribution in [3.63, 3.8) is 0 Å². The Morgan fingerprint density at radius 1 is 1.44 bits per heavy atom. The molecule has 0 unspecified atom stereocenters. The van der Waals surface area contributed by atoms with Crippen LogP contribution in [0.25, 0.3) is 0 Å². The summed E-state index contributed by atoms with van der Waals surface area (Å²) in [7, 11) is 1.91. The van der Waals surface area contributed by atoms with Crippen LogP contribution < -0.4 is 4.90 Å². The number of rotatable bonds is 5. The SMILES string of the molecule is Cc1cc(N(C)CCCC(=O)O)nc(C)n1. The molecule has 0 aromatic carbocycles. The fourth-order valence-electron chi connectivity index (χ4n) is 1.47. The van der Waals surface area contributed by atoms with Crippen LogP contribution in [0.3, 0.4) is 0 Å². The summed E-state index contributed by atoms with van der Waals surface area (Å²) in [5.74, 6) is 0.818. The van der Waals surface area contributed by atoms with Gasteiger partial charge in [-0.2, -0.15) is 0 Å². The molecule has 0 spiro atoms. The van der Waals surface area contributed by atoms with Crippen LogP contribution in [0.5, 0.6) is 0 Å². The van der Waals surface area contributed by atoms with Crippen molar-refractivity contribution in [2.75, 3.05) is 18.5 Å². The van der Waals surface area contributed by atoms with Gasteiger partial charge < -0.3 is 10.0 Å². The Hall–Kier alpha value is -1.65. The van der Waals surface area contributed by atoms with E-state index in [0.29, 0.717) is 13.0 Å². The molecule has 1 N–H and O–H groups in total. The topological polar surface area (TPSA) is 66.3 Å². The molecule has 1 aromatic heterocycles. The van der Waals surface area contributed by atoms with Crippen molar-refractivity contribution in [1.82, 2.24) is 9.97 Å². The zero-order valence-corrected chi connectivity index (χ0v) is 9.90. The summed E-state index contributed by atoms with van der Waals surface area (Å²) >= 11 is 0. The van der Waals surface area contributed by atoms with Gasteiger partial charge in [0, 0.05) is 31.8 Å².